The van der Waals surface area contributed by atoms with E-state index in [2.05, 4.69) is 0 Å². The molecule has 2 aromatic rings. The van der Waals surface area contributed by atoms with Gasteiger partial charge in [0, 0.05) is 29.2 Å². The molecule has 0 aliphatic rings. The van der Waals surface area contributed by atoms with E-state index < -0.39 is 0 Å². The largest absolute Gasteiger partial charge is 0.397 e. The van der Waals surface area contributed by atoms with Crippen LogP contribution in [-0.4, -0.2) is 7.05 Å². The molecule has 5 heteroatoms. The lowest BCUT2D eigenvalue weighted by molar-refractivity contribution is 0.608. The minimum atomic E-state index is -0.333. The highest BCUT2D eigenvalue weighted by Gasteiger charge is 2.12. The fourth-order valence-electron chi connectivity index (χ4n) is 1.85. The first-order chi connectivity index (χ1) is 8.99. The predicted molar refractivity (Wildman–Crippen MR) is 79.4 cm³/mol. The number of anilines is 2. The molecule has 0 heterocycles. The average molecular weight is 299 g/mol. The van der Waals surface area contributed by atoms with E-state index in [4.69, 9.17) is 28.9 Å². The molecule has 0 bridgehead atoms. The maximum Gasteiger partial charge on any atom is 0.129 e. The summed E-state index contributed by atoms with van der Waals surface area (Å²) in [5.41, 5.74) is 7.65. The molecule has 0 unspecified atom stereocenters. The summed E-state index contributed by atoms with van der Waals surface area (Å²) in [6, 6.07) is 9.80. The fourth-order valence-corrected chi connectivity index (χ4v) is 2.24. The van der Waals surface area contributed by atoms with Crippen molar-refractivity contribution in [2.24, 2.45) is 0 Å². The molecule has 0 radical (unpaired) electrons. The van der Waals surface area contributed by atoms with Gasteiger partial charge in [0.25, 0.3) is 0 Å². The molecule has 2 aromatic carbocycles. The number of hydrogen-bond donors (Lipinski definition) is 1. The van der Waals surface area contributed by atoms with Crippen molar-refractivity contribution in [3.8, 4) is 0 Å². The van der Waals surface area contributed by atoms with Crippen molar-refractivity contribution in [3.63, 3.8) is 0 Å². The summed E-state index contributed by atoms with van der Waals surface area (Å²) in [4.78, 5) is 1.81. The van der Waals surface area contributed by atoms with Crippen molar-refractivity contribution >= 4 is 34.6 Å². The molecule has 0 aliphatic carbocycles. The average Bonchev–Trinajstić information content (AvgIpc) is 2.37. The molecule has 0 amide bonds. The highest BCUT2D eigenvalue weighted by Crippen LogP contribution is 2.29. The number of nitrogens with two attached hydrogens (primary N) is 1. The Hall–Kier alpha value is -1.45. The van der Waals surface area contributed by atoms with Gasteiger partial charge in [-0.2, -0.15) is 0 Å². The third-order valence-electron chi connectivity index (χ3n) is 2.86. The summed E-state index contributed by atoms with van der Waals surface area (Å²) in [5.74, 6) is -0.333. The second kappa shape index (κ2) is 5.68. The van der Waals surface area contributed by atoms with Crippen LogP contribution < -0.4 is 10.6 Å². The molecule has 2 N–H and O–H groups in total. The van der Waals surface area contributed by atoms with Crippen LogP contribution in [0.4, 0.5) is 15.8 Å². The number of hydrogen-bond acceptors (Lipinski definition) is 2. The van der Waals surface area contributed by atoms with Gasteiger partial charge in [-0.05, 0) is 30.3 Å². The van der Waals surface area contributed by atoms with E-state index in [0.29, 0.717) is 27.8 Å². The summed E-state index contributed by atoms with van der Waals surface area (Å²) < 4.78 is 13.7. The molecule has 0 saturated heterocycles. The van der Waals surface area contributed by atoms with Crippen LogP contribution in [0, 0.1) is 5.82 Å². The molecule has 0 spiro atoms. The Bertz CT molecular complexity index is 582. The zero-order valence-corrected chi connectivity index (χ0v) is 11.8. The molecule has 0 saturated carbocycles. The topological polar surface area (TPSA) is 29.3 Å². The van der Waals surface area contributed by atoms with Gasteiger partial charge in [0.15, 0.2) is 0 Å². The molecular formula is C14H13Cl2FN2. The van der Waals surface area contributed by atoms with Crippen LogP contribution in [0.25, 0.3) is 0 Å². The Morgan fingerprint density at radius 1 is 1.21 bits per heavy atom. The Morgan fingerprint density at radius 2 is 1.95 bits per heavy atom. The lowest BCUT2D eigenvalue weighted by Gasteiger charge is -2.22. The smallest absolute Gasteiger partial charge is 0.129 e. The van der Waals surface area contributed by atoms with Crippen LogP contribution in [0.2, 0.25) is 10.0 Å². The van der Waals surface area contributed by atoms with Crippen molar-refractivity contribution in [1.82, 2.24) is 0 Å². The van der Waals surface area contributed by atoms with Crippen molar-refractivity contribution in [1.29, 1.82) is 0 Å². The molecule has 19 heavy (non-hydrogen) atoms. The van der Waals surface area contributed by atoms with Gasteiger partial charge < -0.3 is 10.6 Å². The molecule has 0 atom stereocenters. The lowest BCUT2D eigenvalue weighted by Crippen LogP contribution is -2.19. The van der Waals surface area contributed by atoms with Crippen molar-refractivity contribution < 1.29 is 4.39 Å². The number of benzene rings is 2. The van der Waals surface area contributed by atoms with E-state index in [-0.39, 0.29) is 5.82 Å². The van der Waals surface area contributed by atoms with Crippen LogP contribution in [0.3, 0.4) is 0 Å². The maximum absolute atomic E-state index is 13.7. The van der Waals surface area contributed by atoms with Crippen LogP contribution in [-0.2, 0) is 6.54 Å². The zero-order chi connectivity index (χ0) is 14.0. The number of rotatable bonds is 3. The normalized spacial score (nSPS) is 10.5. The molecule has 0 fully saturated rings. The van der Waals surface area contributed by atoms with E-state index in [1.807, 2.05) is 11.9 Å². The summed E-state index contributed by atoms with van der Waals surface area (Å²) in [6.07, 6.45) is 0. The van der Waals surface area contributed by atoms with Gasteiger partial charge in [0.05, 0.1) is 11.4 Å². The van der Waals surface area contributed by atoms with Crippen LogP contribution in [0.1, 0.15) is 5.56 Å². The highest BCUT2D eigenvalue weighted by atomic mass is 35.5. The lowest BCUT2D eigenvalue weighted by atomic mass is 10.1. The first-order valence-electron chi connectivity index (χ1n) is 5.68. The minimum Gasteiger partial charge on any atom is -0.397 e. The Morgan fingerprint density at radius 3 is 2.63 bits per heavy atom. The Kier molecular flexibility index (Phi) is 4.17. The van der Waals surface area contributed by atoms with Gasteiger partial charge in [-0.15, -0.1) is 0 Å². The van der Waals surface area contributed by atoms with Gasteiger partial charge in [0.1, 0.15) is 5.82 Å². The molecule has 0 aliphatic heterocycles. The number of nitrogen functional groups attached to an aromatic ring is 1. The molecule has 100 valence electrons. The van der Waals surface area contributed by atoms with Gasteiger partial charge >= 0.3 is 0 Å². The van der Waals surface area contributed by atoms with E-state index in [9.17, 15) is 4.39 Å². The second-order valence-electron chi connectivity index (χ2n) is 4.26. The SMILES string of the molecule is CN(Cc1c(F)cccc1Cl)c1cc(Cl)ccc1N. The summed E-state index contributed by atoms with van der Waals surface area (Å²) in [6.45, 7) is 0.316. The number of nitrogens with zero attached hydrogens (tertiary/aromatic N) is 1. The van der Waals surface area contributed by atoms with E-state index in [1.54, 1.807) is 30.3 Å². The van der Waals surface area contributed by atoms with E-state index in [1.165, 1.54) is 6.07 Å². The van der Waals surface area contributed by atoms with Crippen LogP contribution in [0.15, 0.2) is 36.4 Å². The van der Waals surface area contributed by atoms with Crippen LogP contribution in [0.5, 0.6) is 0 Å². The molecular weight excluding hydrogens is 286 g/mol. The highest BCUT2D eigenvalue weighted by molar-refractivity contribution is 6.31. The van der Waals surface area contributed by atoms with Crippen molar-refractivity contribution in [2.75, 3.05) is 17.7 Å². The molecule has 2 nitrogen and oxygen atoms in total. The Labute approximate surface area is 121 Å². The van der Waals surface area contributed by atoms with Gasteiger partial charge in [-0.25, -0.2) is 4.39 Å². The molecule has 0 aromatic heterocycles. The quantitative estimate of drug-likeness (QED) is 0.854. The van der Waals surface area contributed by atoms with Gasteiger partial charge in [-0.3, -0.25) is 0 Å². The second-order valence-corrected chi connectivity index (χ2v) is 5.10. The standard InChI is InChI=1S/C14H13Cl2FN2/c1-19(14-7-9(15)5-6-13(14)18)8-10-11(16)3-2-4-12(10)17/h2-7H,8,18H2,1H3. The predicted octanol–water partition coefficient (Wildman–Crippen LogP) is 4.35. The summed E-state index contributed by atoms with van der Waals surface area (Å²) in [5, 5.41) is 0.975. The summed E-state index contributed by atoms with van der Waals surface area (Å²) in [7, 11) is 1.81. The van der Waals surface area contributed by atoms with E-state index in [0.717, 1.165) is 5.69 Å². The van der Waals surface area contributed by atoms with Gasteiger partial charge in [0.2, 0.25) is 0 Å². The zero-order valence-electron chi connectivity index (χ0n) is 10.3. The fraction of sp³-hybridized carbons (Fsp3) is 0.143. The van der Waals surface area contributed by atoms with E-state index >= 15 is 0 Å². The van der Waals surface area contributed by atoms with Crippen molar-refractivity contribution in [2.45, 2.75) is 6.54 Å². The van der Waals surface area contributed by atoms with Gasteiger partial charge in [-0.1, -0.05) is 29.3 Å². The third-order valence-corrected chi connectivity index (χ3v) is 3.45. The first-order valence-corrected chi connectivity index (χ1v) is 6.43. The summed E-state index contributed by atoms with van der Waals surface area (Å²) >= 11 is 12.0. The monoisotopic (exact) mass is 298 g/mol. The van der Waals surface area contributed by atoms with Crippen molar-refractivity contribution in [3.05, 3.63) is 57.8 Å². The minimum absolute atomic E-state index is 0.316. The third kappa shape index (κ3) is 3.11. The molecule has 2 rings (SSSR count). The van der Waals surface area contributed by atoms with Crippen LogP contribution >= 0.6 is 23.2 Å². The Balaban J connectivity index is 2.31. The first kappa shape index (κ1) is 14.0. The maximum atomic E-state index is 13.7. The number of halogens is 3.